The molecule has 0 radical (unpaired) electrons. The normalized spacial score (nSPS) is 15.6. The fourth-order valence-electron chi connectivity index (χ4n) is 1.72. The van der Waals surface area contributed by atoms with Gasteiger partial charge in [-0.15, -0.1) is 11.3 Å². The molecule has 0 amide bonds. The average molecular weight is 317 g/mol. The summed E-state index contributed by atoms with van der Waals surface area (Å²) in [7, 11) is 1.53. The second kappa shape index (κ2) is 4.43. The second-order valence-electron chi connectivity index (χ2n) is 4.31. The molecule has 2 aromatic heterocycles. The lowest BCUT2D eigenvalue weighted by Gasteiger charge is -2.02. The standard InChI is InChI=1S/C11H9ClN2O3S2/c12-19(16,17)10-4-3-8(18-10)11-13-7(6-1-2-6)5-9(15)14-11/h3-6H,1-2H2,(H,13,14,15). The predicted molar refractivity (Wildman–Crippen MR) is 72.0 cm³/mol. The van der Waals surface area contributed by atoms with Gasteiger partial charge in [-0.1, -0.05) is 0 Å². The summed E-state index contributed by atoms with van der Waals surface area (Å²) in [5.41, 5.74) is 0.797. The number of aromatic nitrogens is 2. The zero-order valence-electron chi connectivity index (χ0n) is 9.58. The van der Waals surface area contributed by atoms with Crippen molar-refractivity contribution in [1.29, 1.82) is 0 Å². The van der Waals surface area contributed by atoms with Crippen LogP contribution in [0.5, 0.6) is 5.88 Å². The zero-order valence-corrected chi connectivity index (χ0v) is 12.0. The average Bonchev–Trinajstić information content (AvgIpc) is 3.03. The second-order valence-corrected chi connectivity index (χ2v) is 8.18. The van der Waals surface area contributed by atoms with Crippen LogP contribution in [0.1, 0.15) is 24.5 Å². The van der Waals surface area contributed by atoms with Gasteiger partial charge in [0.05, 0.1) is 10.6 Å². The van der Waals surface area contributed by atoms with E-state index in [1.165, 1.54) is 6.07 Å². The Morgan fingerprint density at radius 3 is 2.63 bits per heavy atom. The summed E-state index contributed by atoms with van der Waals surface area (Å²) in [6.07, 6.45) is 2.11. The Labute approximate surface area is 118 Å². The minimum absolute atomic E-state index is 0.0454. The molecule has 0 saturated heterocycles. The van der Waals surface area contributed by atoms with E-state index < -0.39 is 9.05 Å². The van der Waals surface area contributed by atoms with Gasteiger partial charge in [0.2, 0.25) is 5.88 Å². The highest BCUT2D eigenvalue weighted by Crippen LogP contribution is 2.41. The Morgan fingerprint density at radius 2 is 2.05 bits per heavy atom. The largest absolute Gasteiger partial charge is 0.493 e. The summed E-state index contributed by atoms with van der Waals surface area (Å²) in [6, 6.07) is 4.55. The van der Waals surface area contributed by atoms with Gasteiger partial charge in [0.25, 0.3) is 9.05 Å². The van der Waals surface area contributed by atoms with Crippen molar-refractivity contribution in [2.45, 2.75) is 23.0 Å². The van der Waals surface area contributed by atoms with Crippen LogP contribution in [0.4, 0.5) is 0 Å². The fraction of sp³-hybridized carbons (Fsp3) is 0.273. The van der Waals surface area contributed by atoms with E-state index in [9.17, 15) is 13.5 Å². The summed E-state index contributed by atoms with van der Waals surface area (Å²) in [5.74, 6) is 0.609. The fourth-order valence-corrected chi connectivity index (χ4v) is 3.73. The maximum absolute atomic E-state index is 11.2. The summed E-state index contributed by atoms with van der Waals surface area (Å²) in [5, 5.41) is 9.61. The van der Waals surface area contributed by atoms with Crippen LogP contribution in [-0.2, 0) is 9.05 Å². The van der Waals surface area contributed by atoms with Crippen molar-refractivity contribution in [3.05, 3.63) is 23.9 Å². The van der Waals surface area contributed by atoms with Crippen LogP contribution in [0.2, 0.25) is 0 Å². The number of rotatable bonds is 3. The smallest absolute Gasteiger partial charge is 0.270 e. The highest BCUT2D eigenvalue weighted by atomic mass is 35.7. The van der Waals surface area contributed by atoms with Crippen molar-refractivity contribution in [3.63, 3.8) is 0 Å². The Hall–Kier alpha value is -1.18. The molecule has 0 unspecified atom stereocenters. The Balaban J connectivity index is 2.04. The predicted octanol–water partition coefficient (Wildman–Crippen LogP) is 2.72. The topological polar surface area (TPSA) is 80.2 Å². The number of thiophene rings is 1. The molecule has 1 fully saturated rings. The highest BCUT2D eigenvalue weighted by molar-refractivity contribution is 8.15. The van der Waals surface area contributed by atoms with Crippen LogP contribution in [0.25, 0.3) is 10.7 Å². The number of hydrogen-bond acceptors (Lipinski definition) is 6. The van der Waals surface area contributed by atoms with Gasteiger partial charge in [-0.25, -0.2) is 13.4 Å². The molecular weight excluding hydrogens is 308 g/mol. The van der Waals surface area contributed by atoms with Crippen molar-refractivity contribution in [2.75, 3.05) is 0 Å². The van der Waals surface area contributed by atoms with Crippen molar-refractivity contribution >= 4 is 31.1 Å². The van der Waals surface area contributed by atoms with Gasteiger partial charge in [0.1, 0.15) is 4.21 Å². The lowest BCUT2D eigenvalue weighted by Crippen LogP contribution is -1.92. The lowest BCUT2D eigenvalue weighted by atomic mass is 10.2. The van der Waals surface area contributed by atoms with Crippen molar-refractivity contribution in [2.24, 2.45) is 0 Å². The maximum atomic E-state index is 11.2. The van der Waals surface area contributed by atoms with Crippen LogP contribution >= 0.6 is 22.0 Å². The van der Waals surface area contributed by atoms with E-state index >= 15 is 0 Å². The molecule has 1 aliphatic rings. The van der Waals surface area contributed by atoms with E-state index in [1.54, 1.807) is 12.1 Å². The van der Waals surface area contributed by atoms with Crippen molar-refractivity contribution < 1.29 is 13.5 Å². The molecule has 100 valence electrons. The highest BCUT2D eigenvalue weighted by Gasteiger charge is 2.26. The first kappa shape index (κ1) is 12.8. The van der Waals surface area contributed by atoms with Gasteiger partial charge in [-0.2, -0.15) is 4.98 Å². The summed E-state index contributed by atoms with van der Waals surface area (Å²) < 4.78 is 22.5. The van der Waals surface area contributed by atoms with E-state index in [0.717, 1.165) is 29.9 Å². The molecule has 0 spiro atoms. The van der Waals surface area contributed by atoms with Crippen LogP contribution in [0.15, 0.2) is 22.4 Å². The van der Waals surface area contributed by atoms with Crippen molar-refractivity contribution in [1.82, 2.24) is 9.97 Å². The molecule has 2 heterocycles. The van der Waals surface area contributed by atoms with Gasteiger partial charge in [0, 0.05) is 22.7 Å². The van der Waals surface area contributed by atoms with Crippen molar-refractivity contribution in [3.8, 4) is 16.6 Å². The van der Waals surface area contributed by atoms with E-state index in [1.807, 2.05) is 0 Å². The molecule has 3 rings (SSSR count). The molecule has 0 aromatic carbocycles. The molecule has 8 heteroatoms. The van der Waals surface area contributed by atoms with Gasteiger partial charge in [0.15, 0.2) is 5.82 Å². The monoisotopic (exact) mass is 316 g/mol. The van der Waals surface area contributed by atoms with Gasteiger partial charge < -0.3 is 5.11 Å². The molecule has 1 aliphatic carbocycles. The summed E-state index contributed by atoms with van der Waals surface area (Å²) in [4.78, 5) is 8.86. The quantitative estimate of drug-likeness (QED) is 0.881. The van der Waals surface area contributed by atoms with Crippen LogP contribution in [0.3, 0.4) is 0 Å². The summed E-state index contributed by atoms with van der Waals surface area (Å²) >= 11 is 0.986. The third-order valence-corrected chi connectivity index (χ3v) is 5.94. The molecule has 19 heavy (non-hydrogen) atoms. The molecule has 1 saturated carbocycles. The third-order valence-electron chi connectivity index (χ3n) is 2.77. The minimum atomic E-state index is -3.74. The van der Waals surface area contributed by atoms with Crippen LogP contribution < -0.4 is 0 Å². The number of nitrogens with zero attached hydrogens (tertiary/aromatic N) is 2. The van der Waals surface area contributed by atoms with Gasteiger partial charge in [-0.3, -0.25) is 0 Å². The van der Waals surface area contributed by atoms with E-state index in [2.05, 4.69) is 9.97 Å². The zero-order chi connectivity index (χ0) is 13.6. The van der Waals surface area contributed by atoms with Gasteiger partial charge >= 0.3 is 0 Å². The first-order valence-corrected chi connectivity index (χ1v) is 8.69. The van der Waals surface area contributed by atoms with E-state index in [0.29, 0.717) is 16.6 Å². The Kier molecular flexibility index (Phi) is 2.99. The lowest BCUT2D eigenvalue weighted by molar-refractivity contribution is 0.451. The van der Waals surface area contributed by atoms with Gasteiger partial charge in [-0.05, 0) is 25.0 Å². The SMILES string of the molecule is O=S(=O)(Cl)c1ccc(-c2nc(O)cc(C3CC3)n2)s1. The number of halogens is 1. The summed E-state index contributed by atoms with van der Waals surface area (Å²) in [6.45, 7) is 0. The van der Waals surface area contributed by atoms with Crippen LogP contribution in [-0.4, -0.2) is 23.5 Å². The molecule has 2 aromatic rings. The number of hydrogen-bond donors (Lipinski definition) is 1. The van der Waals surface area contributed by atoms with E-state index in [-0.39, 0.29) is 10.1 Å². The first-order chi connectivity index (χ1) is 8.93. The van der Waals surface area contributed by atoms with Crippen LogP contribution in [0, 0.1) is 0 Å². The molecule has 0 aliphatic heterocycles. The first-order valence-electron chi connectivity index (χ1n) is 5.56. The Morgan fingerprint density at radius 1 is 1.32 bits per heavy atom. The Bertz CT molecular complexity index is 738. The molecule has 5 nitrogen and oxygen atoms in total. The number of aromatic hydroxyl groups is 1. The molecule has 0 atom stereocenters. The third kappa shape index (κ3) is 2.72. The van der Waals surface area contributed by atoms with E-state index in [4.69, 9.17) is 10.7 Å². The minimum Gasteiger partial charge on any atom is -0.493 e. The molecule has 0 bridgehead atoms. The molecular formula is C11H9ClN2O3S2. The maximum Gasteiger partial charge on any atom is 0.270 e. The molecule has 1 N–H and O–H groups in total.